The largest absolute Gasteiger partial charge is 0.389 e. The van der Waals surface area contributed by atoms with E-state index in [1.165, 1.54) is 17.7 Å². The van der Waals surface area contributed by atoms with Crippen LogP contribution in [0.1, 0.15) is 30.9 Å². The van der Waals surface area contributed by atoms with Crippen LogP contribution in [0.5, 0.6) is 0 Å². The summed E-state index contributed by atoms with van der Waals surface area (Å²) >= 11 is 0. The Balaban J connectivity index is 1.87. The van der Waals surface area contributed by atoms with Crippen molar-refractivity contribution in [3.8, 4) is 22.3 Å². The minimum atomic E-state index is -4.52. The standard InChI is InChI=1S/C24H20F6/c1-2-3-15-4-6-16(7-5-15)17-8-9-19(21(25)12-17)18-13-22(26)20(23(27)14-18)10-11-24(28,29)30/h4-9,12-14H,2-3,10-11H2,1H3. The van der Waals surface area contributed by atoms with Gasteiger partial charge in [-0.05, 0) is 53.3 Å². The molecule has 0 radical (unpaired) electrons. The van der Waals surface area contributed by atoms with Crippen LogP contribution in [0.4, 0.5) is 26.3 Å². The first-order chi connectivity index (χ1) is 14.2. The first-order valence-electron chi connectivity index (χ1n) is 9.62. The van der Waals surface area contributed by atoms with E-state index in [0.29, 0.717) is 5.56 Å². The zero-order chi connectivity index (χ0) is 21.9. The molecule has 0 fully saturated rings. The molecule has 0 aromatic heterocycles. The molecule has 0 saturated carbocycles. The Hall–Kier alpha value is -2.76. The van der Waals surface area contributed by atoms with Crippen LogP contribution < -0.4 is 0 Å². The SMILES string of the molecule is CCCc1ccc(-c2ccc(-c3cc(F)c(CCC(F)(F)F)c(F)c3)c(F)c2)cc1. The number of hydrogen-bond donors (Lipinski definition) is 0. The Labute approximate surface area is 171 Å². The fourth-order valence-corrected chi connectivity index (χ4v) is 3.35. The molecule has 0 heterocycles. The van der Waals surface area contributed by atoms with Gasteiger partial charge in [0.15, 0.2) is 0 Å². The van der Waals surface area contributed by atoms with E-state index in [0.717, 1.165) is 30.5 Å². The molecule has 3 aromatic carbocycles. The highest BCUT2D eigenvalue weighted by Gasteiger charge is 2.28. The van der Waals surface area contributed by atoms with Crippen LogP contribution in [-0.4, -0.2) is 6.18 Å². The number of benzene rings is 3. The van der Waals surface area contributed by atoms with E-state index in [-0.39, 0.29) is 11.1 Å². The molecular formula is C24H20F6. The second-order valence-electron chi connectivity index (χ2n) is 7.18. The fourth-order valence-electron chi connectivity index (χ4n) is 3.35. The van der Waals surface area contributed by atoms with Gasteiger partial charge in [-0.3, -0.25) is 0 Å². The Kier molecular flexibility index (Phi) is 6.54. The van der Waals surface area contributed by atoms with E-state index in [1.807, 2.05) is 24.3 Å². The molecule has 158 valence electrons. The maximum Gasteiger partial charge on any atom is 0.389 e. The van der Waals surface area contributed by atoms with Gasteiger partial charge in [-0.15, -0.1) is 0 Å². The summed E-state index contributed by atoms with van der Waals surface area (Å²) in [6.45, 7) is 2.08. The summed E-state index contributed by atoms with van der Waals surface area (Å²) in [5.41, 5.74) is 1.85. The Morgan fingerprint density at radius 1 is 0.667 bits per heavy atom. The molecule has 0 N–H and O–H groups in total. The maximum atomic E-state index is 14.7. The molecule has 0 atom stereocenters. The molecule has 0 bridgehead atoms. The van der Waals surface area contributed by atoms with Gasteiger partial charge in [0.05, 0.1) is 0 Å². The van der Waals surface area contributed by atoms with Crippen molar-refractivity contribution >= 4 is 0 Å². The van der Waals surface area contributed by atoms with E-state index >= 15 is 0 Å². The van der Waals surface area contributed by atoms with Gasteiger partial charge < -0.3 is 0 Å². The fraction of sp³-hybridized carbons (Fsp3) is 0.250. The molecule has 0 aliphatic heterocycles. The first-order valence-corrected chi connectivity index (χ1v) is 9.62. The quantitative estimate of drug-likeness (QED) is 0.354. The first kappa shape index (κ1) is 21.9. The van der Waals surface area contributed by atoms with Crippen LogP contribution in [0.15, 0.2) is 54.6 Å². The van der Waals surface area contributed by atoms with E-state index in [4.69, 9.17) is 0 Å². The van der Waals surface area contributed by atoms with Crippen LogP contribution >= 0.6 is 0 Å². The minimum Gasteiger partial charge on any atom is -0.207 e. The second kappa shape index (κ2) is 8.94. The molecule has 0 aliphatic carbocycles. The summed E-state index contributed by atoms with van der Waals surface area (Å²) < 4.78 is 80.2. The van der Waals surface area contributed by atoms with E-state index in [1.54, 1.807) is 6.07 Å². The summed E-state index contributed by atoms with van der Waals surface area (Å²) in [6, 6.07) is 13.8. The van der Waals surface area contributed by atoms with Crippen LogP contribution in [-0.2, 0) is 12.8 Å². The van der Waals surface area contributed by atoms with Crippen molar-refractivity contribution in [2.75, 3.05) is 0 Å². The van der Waals surface area contributed by atoms with E-state index in [9.17, 15) is 26.3 Å². The van der Waals surface area contributed by atoms with Crippen molar-refractivity contribution in [2.45, 2.75) is 38.8 Å². The summed E-state index contributed by atoms with van der Waals surface area (Å²) in [5, 5.41) is 0. The zero-order valence-electron chi connectivity index (χ0n) is 16.3. The summed E-state index contributed by atoms with van der Waals surface area (Å²) in [7, 11) is 0. The van der Waals surface area contributed by atoms with Crippen molar-refractivity contribution in [2.24, 2.45) is 0 Å². The summed E-state index contributed by atoms with van der Waals surface area (Å²) in [5.74, 6) is -2.92. The smallest absolute Gasteiger partial charge is 0.207 e. The predicted molar refractivity (Wildman–Crippen MR) is 106 cm³/mol. The third kappa shape index (κ3) is 5.23. The van der Waals surface area contributed by atoms with Crippen LogP contribution in [0.2, 0.25) is 0 Å². The lowest BCUT2D eigenvalue weighted by atomic mass is 9.97. The normalized spacial score (nSPS) is 11.7. The van der Waals surface area contributed by atoms with Gasteiger partial charge in [-0.1, -0.05) is 49.7 Å². The average molecular weight is 422 g/mol. The number of hydrogen-bond acceptors (Lipinski definition) is 0. The van der Waals surface area contributed by atoms with Gasteiger partial charge in [-0.2, -0.15) is 13.2 Å². The molecule has 30 heavy (non-hydrogen) atoms. The molecule has 3 aromatic rings. The summed E-state index contributed by atoms with van der Waals surface area (Å²) in [4.78, 5) is 0. The van der Waals surface area contributed by atoms with Crippen LogP contribution in [0.3, 0.4) is 0 Å². The Bertz CT molecular complexity index is 996. The zero-order valence-corrected chi connectivity index (χ0v) is 16.3. The molecule has 3 rings (SSSR count). The minimum absolute atomic E-state index is 0.0264. The summed E-state index contributed by atoms with van der Waals surface area (Å²) in [6.07, 6.45) is -4.69. The average Bonchev–Trinajstić information content (AvgIpc) is 2.67. The van der Waals surface area contributed by atoms with Crippen LogP contribution in [0.25, 0.3) is 22.3 Å². The molecular weight excluding hydrogens is 402 g/mol. The maximum absolute atomic E-state index is 14.7. The van der Waals surface area contributed by atoms with Crippen molar-refractivity contribution < 1.29 is 26.3 Å². The van der Waals surface area contributed by atoms with E-state index in [2.05, 4.69) is 6.92 Å². The van der Waals surface area contributed by atoms with Gasteiger partial charge in [0, 0.05) is 17.5 Å². The number of rotatable bonds is 6. The van der Waals surface area contributed by atoms with Gasteiger partial charge in [0.25, 0.3) is 0 Å². The van der Waals surface area contributed by atoms with Gasteiger partial charge in [0.1, 0.15) is 17.5 Å². The number of halogens is 6. The molecule has 6 heteroatoms. The molecule has 0 aliphatic rings. The van der Waals surface area contributed by atoms with Crippen molar-refractivity contribution in [1.29, 1.82) is 0 Å². The third-order valence-corrected chi connectivity index (χ3v) is 4.91. The third-order valence-electron chi connectivity index (χ3n) is 4.91. The lowest BCUT2D eigenvalue weighted by Crippen LogP contribution is -2.10. The molecule has 0 nitrogen and oxygen atoms in total. The Morgan fingerprint density at radius 3 is 1.77 bits per heavy atom. The number of aryl methyl sites for hydroxylation is 1. The van der Waals surface area contributed by atoms with Crippen molar-refractivity contribution in [3.63, 3.8) is 0 Å². The van der Waals surface area contributed by atoms with E-state index < -0.39 is 42.0 Å². The second-order valence-corrected chi connectivity index (χ2v) is 7.18. The molecule has 0 unspecified atom stereocenters. The highest BCUT2D eigenvalue weighted by atomic mass is 19.4. The topological polar surface area (TPSA) is 0 Å². The van der Waals surface area contributed by atoms with Gasteiger partial charge in [0.2, 0.25) is 0 Å². The lowest BCUT2D eigenvalue weighted by Gasteiger charge is -2.11. The van der Waals surface area contributed by atoms with Crippen LogP contribution in [0, 0.1) is 17.5 Å². The predicted octanol–water partition coefficient (Wildman–Crippen LogP) is 7.89. The molecule has 0 saturated heterocycles. The lowest BCUT2D eigenvalue weighted by molar-refractivity contribution is -0.134. The Morgan fingerprint density at radius 2 is 1.23 bits per heavy atom. The van der Waals surface area contributed by atoms with Crippen molar-refractivity contribution in [3.05, 3.63) is 83.2 Å². The highest BCUT2D eigenvalue weighted by Crippen LogP contribution is 2.31. The molecule has 0 amide bonds. The van der Waals surface area contributed by atoms with Gasteiger partial charge in [-0.25, -0.2) is 13.2 Å². The highest BCUT2D eigenvalue weighted by molar-refractivity contribution is 5.71. The molecule has 0 spiro atoms. The van der Waals surface area contributed by atoms with Gasteiger partial charge >= 0.3 is 6.18 Å². The monoisotopic (exact) mass is 422 g/mol. The number of alkyl halides is 3. The van der Waals surface area contributed by atoms with Crippen molar-refractivity contribution in [1.82, 2.24) is 0 Å².